The van der Waals surface area contributed by atoms with Crippen LogP contribution in [-0.2, 0) is 4.74 Å². The van der Waals surface area contributed by atoms with Crippen molar-refractivity contribution in [2.24, 2.45) is 5.73 Å². The van der Waals surface area contributed by atoms with Gasteiger partial charge in [-0.05, 0) is 12.8 Å². The van der Waals surface area contributed by atoms with Crippen LogP contribution in [0.2, 0.25) is 0 Å². The third-order valence-electron chi connectivity index (χ3n) is 2.10. The highest BCUT2D eigenvalue weighted by molar-refractivity contribution is 4.78. The second-order valence-corrected chi connectivity index (χ2v) is 3.00. The van der Waals surface area contributed by atoms with Gasteiger partial charge in [-0.1, -0.05) is 19.8 Å². The predicted molar refractivity (Wildman–Crippen MR) is 41.9 cm³/mol. The highest BCUT2D eigenvalue weighted by Gasteiger charge is 2.23. The molecule has 1 rings (SSSR count). The molecule has 2 nitrogen and oxygen atoms in total. The van der Waals surface area contributed by atoms with E-state index in [2.05, 4.69) is 6.92 Å². The lowest BCUT2D eigenvalue weighted by molar-refractivity contribution is 0.0954. The lowest BCUT2D eigenvalue weighted by atomic mass is 10.1. The Morgan fingerprint density at radius 1 is 1.60 bits per heavy atom. The molecule has 2 N–H and O–H groups in total. The normalized spacial score (nSPS) is 33.0. The fraction of sp³-hybridized carbons (Fsp3) is 1.00. The van der Waals surface area contributed by atoms with Crippen molar-refractivity contribution >= 4 is 0 Å². The minimum atomic E-state index is 0.312. The average molecular weight is 143 g/mol. The maximum absolute atomic E-state index is 5.79. The van der Waals surface area contributed by atoms with Crippen molar-refractivity contribution in [2.45, 2.75) is 44.8 Å². The average Bonchev–Trinajstić information content (AvgIpc) is 2.31. The van der Waals surface area contributed by atoms with Crippen molar-refractivity contribution in [3.8, 4) is 0 Å². The standard InChI is InChI=1S/C8H17NO/c1-2-3-4-8-7(9)5-6-10-8/h7-8H,2-6,9H2,1H3. The van der Waals surface area contributed by atoms with Crippen molar-refractivity contribution < 1.29 is 4.74 Å². The van der Waals surface area contributed by atoms with Crippen LogP contribution in [0.15, 0.2) is 0 Å². The minimum absolute atomic E-state index is 0.312. The van der Waals surface area contributed by atoms with Crippen molar-refractivity contribution in [1.29, 1.82) is 0 Å². The van der Waals surface area contributed by atoms with Gasteiger partial charge in [0.2, 0.25) is 0 Å². The quantitative estimate of drug-likeness (QED) is 0.646. The number of ether oxygens (including phenoxy) is 1. The molecule has 2 unspecified atom stereocenters. The fourth-order valence-electron chi connectivity index (χ4n) is 1.37. The lowest BCUT2D eigenvalue weighted by Crippen LogP contribution is -2.29. The largest absolute Gasteiger partial charge is 0.377 e. The summed E-state index contributed by atoms with van der Waals surface area (Å²) in [4.78, 5) is 0. The van der Waals surface area contributed by atoms with E-state index in [-0.39, 0.29) is 0 Å². The van der Waals surface area contributed by atoms with Crippen LogP contribution in [-0.4, -0.2) is 18.8 Å². The predicted octanol–water partition coefficient (Wildman–Crippen LogP) is 1.29. The van der Waals surface area contributed by atoms with Gasteiger partial charge in [-0.2, -0.15) is 0 Å². The molecule has 1 aliphatic rings. The van der Waals surface area contributed by atoms with Gasteiger partial charge in [0.25, 0.3) is 0 Å². The van der Waals surface area contributed by atoms with Gasteiger partial charge in [0, 0.05) is 12.6 Å². The van der Waals surface area contributed by atoms with Gasteiger partial charge in [-0.15, -0.1) is 0 Å². The van der Waals surface area contributed by atoms with Crippen molar-refractivity contribution in [3.63, 3.8) is 0 Å². The summed E-state index contributed by atoms with van der Waals surface area (Å²) in [6, 6.07) is 0.312. The Balaban J connectivity index is 2.14. The van der Waals surface area contributed by atoms with Crippen LogP contribution in [0, 0.1) is 0 Å². The van der Waals surface area contributed by atoms with Gasteiger partial charge in [0.15, 0.2) is 0 Å². The molecule has 1 heterocycles. The zero-order valence-corrected chi connectivity index (χ0v) is 6.68. The first-order chi connectivity index (χ1) is 4.84. The summed E-state index contributed by atoms with van der Waals surface area (Å²) in [5, 5.41) is 0. The summed E-state index contributed by atoms with van der Waals surface area (Å²) in [6.45, 7) is 3.07. The monoisotopic (exact) mass is 143 g/mol. The number of hydrogen-bond donors (Lipinski definition) is 1. The van der Waals surface area contributed by atoms with Gasteiger partial charge >= 0.3 is 0 Å². The smallest absolute Gasteiger partial charge is 0.0726 e. The van der Waals surface area contributed by atoms with Crippen LogP contribution in [0.3, 0.4) is 0 Å². The van der Waals surface area contributed by atoms with E-state index in [4.69, 9.17) is 10.5 Å². The maximum Gasteiger partial charge on any atom is 0.0726 e. The lowest BCUT2D eigenvalue weighted by Gasteiger charge is -2.12. The molecule has 60 valence electrons. The molecule has 0 spiro atoms. The molecule has 1 fully saturated rings. The topological polar surface area (TPSA) is 35.2 Å². The van der Waals surface area contributed by atoms with Gasteiger partial charge < -0.3 is 10.5 Å². The SMILES string of the molecule is CCCCC1OCCC1N. The Morgan fingerprint density at radius 3 is 2.90 bits per heavy atom. The van der Waals surface area contributed by atoms with E-state index < -0.39 is 0 Å². The Kier molecular flexibility index (Phi) is 3.16. The molecule has 0 aromatic heterocycles. The first-order valence-electron chi connectivity index (χ1n) is 4.21. The second-order valence-electron chi connectivity index (χ2n) is 3.00. The maximum atomic E-state index is 5.79. The Morgan fingerprint density at radius 2 is 2.40 bits per heavy atom. The number of rotatable bonds is 3. The summed E-state index contributed by atoms with van der Waals surface area (Å²) in [5.74, 6) is 0. The van der Waals surface area contributed by atoms with Crippen LogP contribution in [0.4, 0.5) is 0 Å². The Bertz CT molecular complexity index is 95.3. The number of nitrogens with two attached hydrogens (primary N) is 1. The fourth-order valence-corrected chi connectivity index (χ4v) is 1.37. The van der Waals surface area contributed by atoms with Crippen LogP contribution in [0.5, 0.6) is 0 Å². The molecule has 0 amide bonds. The van der Waals surface area contributed by atoms with E-state index in [0.29, 0.717) is 12.1 Å². The van der Waals surface area contributed by atoms with E-state index in [1.165, 1.54) is 12.8 Å². The summed E-state index contributed by atoms with van der Waals surface area (Å²) >= 11 is 0. The third kappa shape index (κ3) is 1.96. The molecule has 2 heteroatoms. The molecule has 0 aliphatic carbocycles. The molecule has 0 bridgehead atoms. The molecule has 0 aromatic carbocycles. The van der Waals surface area contributed by atoms with E-state index >= 15 is 0 Å². The molecule has 1 saturated heterocycles. The molecule has 0 aromatic rings. The molecule has 10 heavy (non-hydrogen) atoms. The Hall–Kier alpha value is -0.0800. The summed E-state index contributed by atoms with van der Waals surface area (Å²) in [5.41, 5.74) is 5.79. The third-order valence-corrected chi connectivity index (χ3v) is 2.10. The Labute approximate surface area is 62.7 Å². The van der Waals surface area contributed by atoms with E-state index in [1.54, 1.807) is 0 Å². The highest BCUT2D eigenvalue weighted by atomic mass is 16.5. The second kappa shape index (κ2) is 3.94. The molecular formula is C8H17NO. The van der Waals surface area contributed by atoms with E-state index in [0.717, 1.165) is 19.4 Å². The minimum Gasteiger partial charge on any atom is -0.377 e. The van der Waals surface area contributed by atoms with E-state index in [9.17, 15) is 0 Å². The first kappa shape index (κ1) is 8.02. The van der Waals surface area contributed by atoms with Gasteiger partial charge in [0.1, 0.15) is 0 Å². The van der Waals surface area contributed by atoms with Crippen molar-refractivity contribution in [3.05, 3.63) is 0 Å². The first-order valence-corrected chi connectivity index (χ1v) is 4.21. The van der Waals surface area contributed by atoms with Crippen LogP contribution in [0.1, 0.15) is 32.6 Å². The van der Waals surface area contributed by atoms with Crippen LogP contribution < -0.4 is 5.73 Å². The molecule has 2 atom stereocenters. The summed E-state index contributed by atoms with van der Waals surface area (Å²) in [6.07, 6.45) is 5.05. The zero-order chi connectivity index (χ0) is 7.40. The van der Waals surface area contributed by atoms with Gasteiger partial charge in [-0.25, -0.2) is 0 Å². The summed E-state index contributed by atoms with van der Waals surface area (Å²) in [7, 11) is 0. The zero-order valence-electron chi connectivity index (χ0n) is 6.68. The highest BCUT2D eigenvalue weighted by Crippen LogP contribution is 2.16. The number of unbranched alkanes of at least 4 members (excludes halogenated alkanes) is 1. The van der Waals surface area contributed by atoms with Gasteiger partial charge in [-0.3, -0.25) is 0 Å². The number of hydrogen-bond acceptors (Lipinski definition) is 2. The molecule has 0 radical (unpaired) electrons. The molecular weight excluding hydrogens is 126 g/mol. The van der Waals surface area contributed by atoms with Crippen LogP contribution >= 0.6 is 0 Å². The van der Waals surface area contributed by atoms with Gasteiger partial charge in [0.05, 0.1) is 6.10 Å². The van der Waals surface area contributed by atoms with Crippen molar-refractivity contribution in [1.82, 2.24) is 0 Å². The molecule has 0 saturated carbocycles. The van der Waals surface area contributed by atoms with Crippen LogP contribution in [0.25, 0.3) is 0 Å². The summed E-state index contributed by atoms with van der Waals surface area (Å²) < 4.78 is 5.44. The van der Waals surface area contributed by atoms with E-state index in [1.807, 2.05) is 0 Å². The molecule has 1 aliphatic heterocycles. The van der Waals surface area contributed by atoms with Crippen molar-refractivity contribution in [2.75, 3.05) is 6.61 Å².